The maximum atomic E-state index is 11.8. The molecule has 1 heterocycles. The Morgan fingerprint density at radius 1 is 1.08 bits per heavy atom. The summed E-state index contributed by atoms with van der Waals surface area (Å²) >= 11 is 0. The summed E-state index contributed by atoms with van der Waals surface area (Å²) in [5.41, 5.74) is 1.41. The fourth-order valence-corrected chi connectivity index (χ4v) is 1.82. The van der Waals surface area contributed by atoms with Crippen LogP contribution in [-0.2, 0) is 9.47 Å². The van der Waals surface area contributed by atoms with Crippen molar-refractivity contribution in [1.29, 1.82) is 0 Å². The molecule has 0 atom stereocenters. The van der Waals surface area contributed by atoms with Crippen molar-refractivity contribution < 1.29 is 19.1 Å². The minimum atomic E-state index is -0.398. The van der Waals surface area contributed by atoms with Crippen molar-refractivity contribution in [1.82, 2.24) is 15.3 Å². The summed E-state index contributed by atoms with van der Waals surface area (Å²) in [5, 5.41) is 5.69. The van der Waals surface area contributed by atoms with Crippen molar-refractivity contribution in [2.24, 2.45) is 0 Å². The van der Waals surface area contributed by atoms with E-state index >= 15 is 0 Å². The normalized spacial score (nSPS) is 10.1. The number of hydrogen-bond donors (Lipinski definition) is 2. The van der Waals surface area contributed by atoms with Crippen molar-refractivity contribution in [3.05, 3.63) is 47.9 Å². The van der Waals surface area contributed by atoms with E-state index in [0.717, 1.165) is 5.69 Å². The van der Waals surface area contributed by atoms with Crippen LogP contribution in [0.3, 0.4) is 0 Å². The summed E-state index contributed by atoms with van der Waals surface area (Å²) in [6.07, 6.45) is 2.84. The lowest BCUT2D eigenvalue weighted by Gasteiger charge is -2.07. The molecule has 0 saturated carbocycles. The van der Waals surface area contributed by atoms with Crippen molar-refractivity contribution in [2.45, 2.75) is 0 Å². The minimum Gasteiger partial charge on any atom is -0.465 e. The summed E-state index contributed by atoms with van der Waals surface area (Å²) in [6, 6.07) is 6.72. The second-order valence-electron chi connectivity index (χ2n) is 4.73. The van der Waals surface area contributed by atoms with Crippen molar-refractivity contribution >= 4 is 23.4 Å². The standard InChI is InChI=1S/C16H18N4O4/c1-23-8-7-17-15(21)13-9-19-14(10-18-13)20-12-5-3-11(4-6-12)16(22)24-2/h3-6,9-10H,7-8H2,1-2H3,(H,17,21)(H,19,20). The van der Waals surface area contributed by atoms with Gasteiger partial charge in [-0.3, -0.25) is 4.79 Å². The lowest BCUT2D eigenvalue weighted by molar-refractivity contribution is 0.0600. The summed E-state index contributed by atoms with van der Waals surface area (Å²) in [6.45, 7) is 0.837. The van der Waals surface area contributed by atoms with Crippen molar-refractivity contribution in [3.8, 4) is 0 Å². The first-order chi connectivity index (χ1) is 11.6. The third-order valence-corrected chi connectivity index (χ3v) is 3.05. The van der Waals surface area contributed by atoms with Crippen LogP contribution in [0, 0.1) is 0 Å². The van der Waals surface area contributed by atoms with Gasteiger partial charge in [0.25, 0.3) is 5.91 Å². The third kappa shape index (κ3) is 4.75. The van der Waals surface area contributed by atoms with Gasteiger partial charge in [0.05, 0.1) is 31.7 Å². The second kappa shape index (κ2) is 8.59. The average molecular weight is 330 g/mol. The third-order valence-electron chi connectivity index (χ3n) is 3.05. The van der Waals surface area contributed by atoms with Crippen LogP contribution in [0.15, 0.2) is 36.7 Å². The van der Waals surface area contributed by atoms with Crippen LogP contribution in [-0.4, -0.2) is 49.2 Å². The van der Waals surface area contributed by atoms with E-state index in [1.807, 2.05) is 0 Å². The van der Waals surface area contributed by atoms with Crippen molar-refractivity contribution in [2.75, 3.05) is 32.7 Å². The van der Waals surface area contributed by atoms with Gasteiger partial charge in [-0.05, 0) is 24.3 Å². The zero-order valence-corrected chi connectivity index (χ0v) is 13.4. The smallest absolute Gasteiger partial charge is 0.337 e. The van der Waals surface area contributed by atoms with Gasteiger partial charge >= 0.3 is 5.97 Å². The van der Waals surface area contributed by atoms with E-state index in [4.69, 9.17) is 4.74 Å². The first kappa shape index (κ1) is 17.4. The van der Waals surface area contributed by atoms with Gasteiger partial charge in [-0.25, -0.2) is 14.8 Å². The van der Waals surface area contributed by atoms with E-state index in [9.17, 15) is 9.59 Å². The van der Waals surface area contributed by atoms with Crippen LogP contribution >= 0.6 is 0 Å². The van der Waals surface area contributed by atoms with E-state index in [-0.39, 0.29) is 11.6 Å². The number of amides is 1. The fraction of sp³-hybridized carbons (Fsp3) is 0.250. The Bertz CT molecular complexity index is 686. The Labute approximate surface area is 139 Å². The number of methoxy groups -OCH3 is 2. The van der Waals surface area contributed by atoms with Crippen LogP contribution in [0.25, 0.3) is 0 Å². The minimum absolute atomic E-state index is 0.220. The highest BCUT2D eigenvalue weighted by Crippen LogP contribution is 2.15. The molecule has 0 unspecified atom stereocenters. The van der Waals surface area contributed by atoms with Gasteiger partial charge in [-0.2, -0.15) is 0 Å². The Hall–Kier alpha value is -3.00. The number of carbonyl (C=O) groups is 2. The van der Waals surface area contributed by atoms with Crippen LogP contribution in [0.5, 0.6) is 0 Å². The van der Waals surface area contributed by atoms with Crippen LogP contribution in [0.4, 0.5) is 11.5 Å². The number of hydrogen-bond acceptors (Lipinski definition) is 7. The molecule has 0 bridgehead atoms. The number of nitrogens with one attached hydrogen (secondary N) is 2. The molecular formula is C16H18N4O4. The predicted molar refractivity (Wildman–Crippen MR) is 87.3 cm³/mol. The van der Waals surface area contributed by atoms with Gasteiger partial charge in [-0.1, -0.05) is 0 Å². The largest absolute Gasteiger partial charge is 0.465 e. The van der Waals surface area contributed by atoms with E-state index < -0.39 is 5.97 Å². The number of ether oxygens (including phenoxy) is 2. The van der Waals surface area contributed by atoms with E-state index in [2.05, 4.69) is 25.3 Å². The number of aromatic nitrogens is 2. The Morgan fingerprint density at radius 2 is 1.83 bits per heavy atom. The maximum absolute atomic E-state index is 11.8. The van der Waals surface area contributed by atoms with Gasteiger partial charge in [-0.15, -0.1) is 0 Å². The Morgan fingerprint density at radius 3 is 2.42 bits per heavy atom. The van der Waals surface area contributed by atoms with E-state index in [1.165, 1.54) is 19.5 Å². The molecule has 1 amide bonds. The van der Waals surface area contributed by atoms with Gasteiger partial charge in [0.15, 0.2) is 0 Å². The highest BCUT2D eigenvalue weighted by atomic mass is 16.5. The molecule has 0 aliphatic rings. The van der Waals surface area contributed by atoms with E-state index in [0.29, 0.717) is 24.5 Å². The SMILES string of the molecule is COCCNC(=O)c1cnc(Nc2ccc(C(=O)OC)cc2)cn1. The second-order valence-corrected chi connectivity index (χ2v) is 4.73. The van der Waals surface area contributed by atoms with Gasteiger partial charge in [0.1, 0.15) is 11.5 Å². The summed E-state index contributed by atoms with van der Waals surface area (Å²) < 4.78 is 9.49. The molecule has 2 N–H and O–H groups in total. The lowest BCUT2D eigenvalue weighted by atomic mass is 10.2. The Kier molecular flexibility index (Phi) is 6.21. The van der Waals surface area contributed by atoms with Gasteiger partial charge in [0, 0.05) is 19.3 Å². The molecule has 0 radical (unpaired) electrons. The molecule has 0 aliphatic heterocycles. The first-order valence-electron chi connectivity index (χ1n) is 7.18. The molecule has 0 spiro atoms. The number of nitrogens with zero attached hydrogens (tertiary/aromatic N) is 2. The summed E-state index contributed by atoms with van der Waals surface area (Å²) in [5.74, 6) is -0.229. The predicted octanol–water partition coefficient (Wildman–Crippen LogP) is 1.38. The molecule has 0 aliphatic carbocycles. The molecular weight excluding hydrogens is 312 g/mol. The summed E-state index contributed by atoms with van der Waals surface area (Å²) in [4.78, 5) is 31.4. The zero-order valence-electron chi connectivity index (χ0n) is 13.4. The molecule has 2 aromatic rings. The quantitative estimate of drug-likeness (QED) is 0.584. The maximum Gasteiger partial charge on any atom is 0.337 e. The van der Waals surface area contributed by atoms with Crippen molar-refractivity contribution in [3.63, 3.8) is 0 Å². The van der Waals surface area contributed by atoms with Crippen LogP contribution in [0.1, 0.15) is 20.8 Å². The number of benzene rings is 1. The number of anilines is 2. The number of esters is 1. The van der Waals surface area contributed by atoms with Crippen LogP contribution < -0.4 is 10.6 Å². The highest BCUT2D eigenvalue weighted by molar-refractivity contribution is 5.92. The lowest BCUT2D eigenvalue weighted by Crippen LogP contribution is -2.27. The first-order valence-corrected chi connectivity index (χ1v) is 7.18. The Balaban J connectivity index is 1.96. The molecule has 8 nitrogen and oxygen atoms in total. The topological polar surface area (TPSA) is 102 Å². The van der Waals surface area contributed by atoms with Crippen LogP contribution in [0.2, 0.25) is 0 Å². The van der Waals surface area contributed by atoms with Gasteiger partial charge in [0.2, 0.25) is 0 Å². The summed E-state index contributed by atoms with van der Waals surface area (Å²) in [7, 11) is 2.89. The van der Waals surface area contributed by atoms with Gasteiger partial charge < -0.3 is 20.1 Å². The van der Waals surface area contributed by atoms with E-state index in [1.54, 1.807) is 31.4 Å². The molecule has 126 valence electrons. The molecule has 0 saturated heterocycles. The molecule has 1 aromatic carbocycles. The highest BCUT2D eigenvalue weighted by Gasteiger charge is 2.08. The zero-order chi connectivity index (χ0) is 17.4. The molecule has 2 rings (SSSR count). The molecule has 8 heteroatoms. The fourth-order valence-electron chi connectivity index (χ4n) is 1.82. The monoisotopic (exact) mass is 330 g/mol. The number of rotatable bonds is 7. The average Bonchev–Trinajstić information content (AvgIpc) is 2.62. The molecule has 1 aromatic heterocycles. The molecule has 24 heavy (non-hydrogen) atoms. The number of carbonyl (C=O) groups excluding carboxylic acids is 2. The molecule has 0 fully saturated rings.